The molecule has 0 aliphatic rings. The molecule has 0 atom stereocenters. The summed E-state index contributed by atoms with van der Waals surface area (Å²) in [5.74, 6) is 0.270. The fraction of sp³-hybridized carbons (Fsp3) is 0.308. The Bertz CT molecular complexity index is 530. The van der Waals surface area contributed by atoms with Crippen molar-refractivity contribution < 1.29 is 14.3 Å². The van der Waals surface area contributed by atoms with E-state index in [0.717, 1.165) is 29.4 Å². The molecule has 0 saturated heterocycles. The van der Waals surface area contributed by atoms with Crippen LogP contribution < -0.4 is 5.32 Å². The van der Waals surface area contributed by atoms with Crippen molar-refractivity contribution in [2.24, 2.45) is 0 Å². The van der Waals surface area contributed by atoms with E-state index in [4.69, 9.17) is 4.42 Å². The molecule has 0 saturated carbocycles. The predicted molar refractivity (Wildman–Crippen MR) is 64.9 cm³/mol. The van der Waals surface area contributed by atoms with Crippen LogP contribution >= 0.6 is 0 Å². The van der Waals surface area contributed by atoms with Crippen molar-refractivity contribution in [3.63, 3.8) is 0 Å². The van der Waals surface area contributed by atoms with Crippen molar-refractivity contribution in [2.75, 3.05) is 7.05 Å². The Hall–Kier alpha value is -1.97. The third kappa shape index (κ3) is 2.58. The highest BCUT2D eigenvalue weighted by atomic mass is 16.3. The zero-order valence-corrected chi connectivity index (χ0v) is 9.69. The van der Waals surface area contributed by atoms with Crippen LogP contribution in [0.2, 0.25) is 0 Å². The highest BCUT2D eigenvalue weighted by molar-refractivity contribution is 5.82. The van der Waals surface area contributed by atoms with Gasteiger partial charge in [0.05, 0.1) is 6.26 Å². The van der Waals surface area contributed by atoms with Crippen LogP contribution in [0.5, 0.6) is 5.75 Å². The largest absolute Gasteiger partial charge is 0.508 e. The van der Waals surface area contributed by atoms with Gasteiger partial charge in [-0.3, -0.25) is 4.79 Å². The number of hydrogen-bond donors (Lipinski definition) is 2. The number of amides is 1. The molecule has 1 aromatic heterocycles. The number of carbonyl (C=O) groups excluding carboxylic acids is 1. The van der Waals surface area contributed by atoms with E-state index in [9.17, 15) is 9.90 Å². The lowest BCUT2D eigenvalue weighted by atomic mass is 10.1. The molecule has 1 heterocycles. The Balaban J connectivity index is 2.08. The minimum atomic E-state index is 0.0423. The Kier molecular flexibility index (Phi) is 3.32. The number of phenols is 1. The van der Waals surface area contributed by atoms with Crippen molar-refractivity contribution in [1.29, 1.82) is 0 Å². The lowest BCUT2D eigenvalue weighted by Crippen LogP contribution is -2.17. The molecule has 17 heavy (non-hydrogen) atoms. The molecular weight excluding hydrogens is 218 g/mol. The molecule has 0 aliphatic heterocycles. The summed E-state index contributed by atoms with van der Waals surface area (Å²) >= 11 is 0. The lowest BCUT2D eigenvalue weighted by Gasteiger charge is -1.99. The number of furan rings is 1. The van der Waals surface area contributed by atoms with E-state index < -0.39 is 0 Å². The number of rotatable bonds is 4. The average Bonchev–Trinajstić information content (AvgIpc) is 2.72. The SMILES string of the molecule is CNC(=O)CCCc1coc2ccc(O)cc12. The average molecular weight is 233 g/mol. The van der Waals surface area contributed by atoms with Gasteiger partial charge in [-0.05, 0) is 36.6 Å². The Labute approximate surface area is 99.2 Å². The number of aromatic hydroxyl groups is 1. The van der Waals surface area contributed by atoms with Gasteiger partial charge >= 0.3 is 0 Å². The van der Waals surface area contributed by atoms with Gasteiger partial charge in [-0.2, -0.15) is 0 Å². The molecule has 90 valence electrons. The van der Waals surface area contributed by atoms with Crippen LogP contribution in [0.1, 0.15) is 18.4 Å². The molecule has 0 fully saturated rings. The first-order valence-electron chi connectivity index (χ1n) is 5.60. The van der Waals surface area contributed by atoms with E-state index >= 15 is 0 Å². The molecule has 0 unspecified atom stereocenters. The zero-order chi connectivity index (χ0) is 12.3. The van der Waals surface area contributed by atoms with E-state index in [1.165, 1.54) is 0 Å². The van der Waals surface area contributed by atoms with Gasteiger partial charge in [-0.1, -0.05) is 0 Å². The van der Waals surface area contributed by atoms with Crippen molar-refractivity contribution >= 4 is 16.9 Å². The molecule has 0 aliphatic carbocycles. The van der Waals surface area contributed by atoms with Gasteiger partial charge < -0.3 is 14.8 Å². The third-order valence-corrected chi connectivity index (χ3v) is 2.77. The number of phenolic OH excluding ortho intramolecular Hbond substituents is 1. The molecule has 4 heteroatoms. The van der Waals surface area contributed by atoms with Gasteiger partial charge in [0, 0.05) is 18.9 Å². The Morgan fingerprint density at radius 1 is 1.47 bits per heavy atom. The number of fused-ring (bicyclic) bond motifs is 1. The second-order valence-corrected chi connectivity index (χ2v) is 3.97. The van der Waals surface area contributed by atoms with Crippen LogP contribution in [0, 0.1) is 0 Å². The molecule has 1 amide bonds. The normalized spacial score (nSPS) is 10.6. The van der Waals surface area contributed by atoms with Crippen molar-refractivity contribution in [3.05, 3.63) is 30.0 Å². The maximum absolute atomic E-state index is 11.1. The smallest absolute Gasteiger partial charge is 0.219 e. The van der Waals surface area contributed by atoms with E-state index in [0.29, 0.717) is 6.42 Å². The number of aryl methyl sites for hydroxylation is 1. The molecule has 0 bridgehead atoms. The van der Waals surface area contributed by atoms with Gasteiger partial charge in [-0.15, -0.1) is 0 Å². The summed E-state index contributed by atoms with van der Waals surface area (Å²) in [7, 11) is 1.63. The van der Waals surface area contributed by atoms with Crippen LogP contribution in [0.3, 0.4) is 0 Å². The summed E-state index contributed by atoms with van der Waals surface area (Å²) in [4.78, 5) is 11.1. The van der Waals surface area contributed by atoms with Gasteiger partial charge in [0.15, 0.2) is 0 Å². The molecule has 2 N–H and O–H groups in total. The first kappa shape index (κ1) is 11.5. The minimum Gasteiger partial charge on any atom is -0.508 e. The van der Waals surface area contributed by atoms with Crippen LogP contribution in [-0.2, 0) is 11.2 Å². The summed E-state index contributed by atoms with van der Waals surface area (Å²) in [6.07, 6.45) is 3.73. The zero-order valence-electron chi connectivity index (χ0n) is 9.69. The predicted octanol–water partition coefficient (Wildman–Crippen LogP) is 2.21. The Morgan fingerprint density at radius 2 is 2.29 bits per heavy atom. The molecule has 2 rings (SSSR count). The monoisotopic (exact) mass is 233 g/mol. The van der Waals surface area contributed by atoms with Gasteiger partial charge in [0.1, 0.15) is 11.3 Å². The lowest BCUT2D eigenvalue weighted by molar-refractivity contribution is -0.120. The topological polar surface area (TPSA) is 62.5 Å². The van der Waals surface area contributed by atoms with Crippen LogP contribution in [0.15, 0.2) is 28.9 Å². The second kappa shape index (κ2) is 4.91. The quantitative estimate of drug-likeness (QED) is 0.851. The van der Waals surface area contributed by atoms with Gasteiger partial charge in [0.2, 0.25) is 5.91 Å². The van der Waals surface area contributed by atoms with E-state index in [-0.39, 0.29) is 11.7 Å². The second-order valence-electron chi connectivity index (χ2n) is 3.97. The maximum Gasteiger partial charge on any atom is 0.219 e. The van der Waals surface area contributed by atoms with Crippen molar-refractivity contribution in [3.8, 4) is 5.75 Å². The van der Waals surface area contributed by atoms with Crippen molar-refractivity contribution in [1.82, 2.24) is 5.32 Å². The first-order chi connectivity index (χ1) is 8.20. The standard InChI is InChI=1S/C13H15NO3/c1-14-13(16)4-2-3-9-8-17-12-6-5-10(15)7-11(9)12/h5-8,15H,2-4H2,1H3,(H,14,16). The molecule has 0 radical (unpaired) electrons. The van der Waals surface area contributed by atoms with Crippen LogP contribution in [0.4, 0.5) is 0 Å². The molecule has 1 aromatic carbocycles. The summed E-state index contributed by atoms with van der Waals surface area (Å²) in [6, 6.07) is 5.03. The first-order valence-corrected chi connectivity index (χ1v) is 5.60. The number of benzene rings is 1. The highest BCUT2D eigenvalue weighted by Gasteiger charge is 2.07. The molecule has 0 spiro atoms. The molecule has 4 nitrogen and oxygen atoms in total. The van der Waals surface area contributed by atoms with Gasteiger partial charge in [-0.25, -0.2) is 0 Å². The van der Waals surface area contributed by atoms with E-state index in [1.807, 2.05) is 0 Å². The minimum absolute atomic E-state index is 0.0423. The summed E-state index contributed by atoms with van der Waals surface area (Å²) < 4.78 is 5.38. The fourth-order valence-corrected chi connectivity index (χ4v) is 1.83. The third-order valence-electron chi connectivity index (χ3n) is 2.77. The van der Waals surface area contributed by atoms with Crippen LogP contribution in [-0.4, -0.2) is 18.1 Å². The van der Waals surface area contributed by atoms with E-state index in [1.54, 1.807) is 31.5 Å². The number of carbonyl (C=O) groups is 1. The summed E-state index contributed by atoms with van der Waals surface area (Å²) in [5.41, 5.74) is 1.79. The number of nitrogens with one attached hydrogen (secondary N) is 1. The fourth-order valence-electron chi connectivity index (χ4n) is 1.83. The molecule has 2 aromatic rings. The maximum atomic E-state index is 11.1. The highest BCUT2D eigenvalue weighted by Crippen LogP contribution is 2.26. The van der Waals surface area contributed by atoms with Crippen molar-refractivity contribution in [2.45, 2.75) is 19.3 Å². The number of hydrogen-bond acceptors (Lipinski definition) is 3. The summed E-state index contributed by atoms with van der Waals surface area (Å²) in [5, 5.41) is 12.9. The summed E-state index contributed by atoms with van der Waals surface area (Å²) in [6.45, 7) is 0. The molecular formula is C13H15NO3. The van der Waals surface area contributed by atoms with Crippen LogP contribution in [0.25, 0.3) is 11.0 Å². The van der Waals surface area contributed by atoms with Gasteiger partial charge in [0.25, 0.3) is 0 Å². The van der Waals surface area contributed by atoms with E-state index in [2.05, 4.69) is 5.32 Å². The Morgan fingerprint density at radius 3 is 3.06 bits per heavy atom.